The fourth-order valence-electron chi connectivity index (χ4n) is 22.5. The maximum atomic E-state index is 6.36. The molecule has 0 aliphatic rings. The summed E-state index contributed by atoms with van der Waals surface area (Å²) in [7, 11) is 0. The highest BCUT2D eigenvalue weighted by atomic mass is 32.1. The molecular formula is C134H83N11OS. The predicted molar refractivity (Wildman–Crippen MR) is 613 cm³/mol. The van der Waals surface area contributed by atoms with E-state index in [9.17, 15) is 0 Å². The van der Waals surface area contributed by atoms with Crippen LogP contribution in [0.15, 0.2) is 508 Å². The second kappa shape index (κ2) is 34.7. The Morgan fingerprint density at radius 1 is 0.197 bits per heavy atom. The third-order valence-electron chi connectivity index (χ3n) is 29.0. The summed E-state index contributed by atoms with van der Waals surface area (Å²) >= 11 is 1.87. The molecule has 13 heteroatoms. The Morgan fingerprint density at radius 3 is 1.31 bits per heavy atom. The Kier molecular flexibility index (Phi) is 19.9. The van der Waals surface area contributed by atoms with Crippen LogP contribution in [0.2, 0.25) is 0 Å². The number of anilines is 3. The van der Waals surface area contributed by atoms with Gasteiger partial charge in [-0.15, -0.1) is 11.3 Å². The van der Waals surface area contributed by atoms with Gasteiger partial charge in [0.05, 0.1) is 77.2 Å². The van der Waals surface area contributed by atoms with E-state index in [1.807, 2.05) is 72.0 Å². The summed E-state index contributed by atoms with van der Waals surface area (Å²) < 4.78 is 18.3. The number of para-hydroxylation sites is 10. The molecule has 0 N–H and O–H groups in total. The molecule has 9 aromatic heterocycles. The number of hydrogen-bond donors (Lipinski definition) is 0. The molecule has 0 fully saturated rings. The summed E-state index contributed by atoms with van der Waals surface area (Å²) in [5.74, 6) is 2.43. The van der Waals surface area contributed by atoms with Gasteiger partial charge in [-0.05, 0) is 190 Å². The standard InChI is InChI=1S/C50H32N4S.C42H26N4.C42H25N3O/c1-5-15-33(16-6-1)35-25-29-44-41(31-35)47-45(30-27-40-39-23-13-14-24-46(39)55-49(40)47)54(44)50-48(34-17-7-2-8-18-34)51-43-32-38(26-28-42(43)52-50)53(36-19-9-3-10-20-36)37-21-11-4-12-22-37;1-3-14-28(15-4-1)41-42(44-35-21-11-10-20-34(35)43-41)46-37-24-23-27-13-7-8-18-30(27)40(37)33-25-32-31-19-9-12-22-36(31)45(38(32)26-39(33)46)29-16-5-2-6-17-29;1-2-12-26(13-3-1)28-14-4-5-15-29(28)41-42(44-33-19-9-8-18-32(33)43-41)45-34-20-10-6-16-30(34)39-35(45)24-22-27-23-25-37-40(38(27)39)31-17-7-11-21-36(31)46-37/h1-32H;1-26H;1-25H. The Labute approximate surface area is 846 Å². The minimum atomic E-state index is 0.803. The summed E-state index contributed by atoms with van der Waals surface area (Å²) in [6, 6.07) is 177. The molecule has 0 radical (unpaired) electrons. The van der Waals surface area contributed by atoms with E-state index in [1.165, 1.54) is 96.1 Å². The smallest absolute Gasteiger partial charge is 0.165 e. The number of furan rings is 1. The molecule has 31 aromatic rings. The third kappa shape index (κ3) is 14.0. The summed E-state index contributed by atoms with van der Waals surface area (Å²) in [6.07, 6.45) is 0. The van der Waals surface area contributed by atoms with Crippen LogP contribution < -0.4 is 4.90 Å². The molecule has 12 nitrogen and oxygen atoms in total. The van der Waals surface area contributed by atoms with Gasteiger partial charge in [0.2, 0.25) is 0 Å². The van der Waals surface area contributed by atoms with Gasteiger partial charge in [0, 0.05) is 119 Å². The zero-order chi connectivity index (χ0) is 96.7. The summed E-state index contributed by atoms with van der Waals surface area (Å²) in [4.78, 5) is 34.7. The first-order valence-electron chi connectivity index (χ1n) is 49.6. The lowest BCUT2D eigenvalue weighted by Crippen LogP contribution is -2.10. The molecule has 0 saturated heterocycles. The van der Waals surface area contributed by atoms with E-state index in [-0.39, 0.29) is 0 Å². The normalized spacial score (nSPS) is 11.8. The lowest BCUT2D eigenvalue weighted by Gasteiger charge is -2.25. The van der Waals surface area contributed by atoms with Crippen molar-refractivity contribution in [2.45, 2.75) is 0 Å². The highest BCUT2D eigenvalue weighted by Crippen LogP contribution is 2.51. The summed E-state index contributed by atoms with van der Waals surface area (Å²) in [5.41, 5.74) is 30.4. The molecule has 0 saturated carbocycles. The van der Waals surface area contributed by atoms with Crippen molar-refractivity contribution in [3.8, 4) is 79.2 Å². The predicted octanol–water partition coefficient (Wildman–Crippen LogP) is 35.7. The van der Waals surface area contributed by atoms with E-state index in [0.717, 1.165) is 184 Å². The maximum Gasteiger partial charge on any atom is 0.165 e. The zero-order valence-electron chi connectivity index (χ0n) is 79.2. The molecule has 0 unspecified atom stereocenters. The molecule has 686 valence electrons. The van der Waals surface area contributed by atoms with Crippen molar-refractivity contribution in [1.29, 1.82) is 0 Å². The Morgan fingerprint density at radius 2 is 0.646 bits per heavy atom. The van der Waals surface area contributed by atoms with E-state index in [4.69, 9.17) is 34.3 Å². The van der Waals surface area contributed by atoms with Gasteiger partial charge in [0.25, 0.3) is 0 Å². The Balaban J connectivity index is 0.000000105. The number of fused-ring (bicyclic) bond motifs is 27. The quantitative estimate of drug-likeness (QED) is 0.119. The minimum Gasteiger partial charge on any atom is -0.456 e. The Bertz CT molecular complexity index is 10700. The lowest BCUT2D eigenvalue weighted by atomic mass is 9.97. The zero-order valence-corrected chi connectivity index (χ0v) is 80.0. The van der Waals surface area contributed by atoms with E-state index < -0.39 is 0 Å². The first-order chi connectivity index (χ1) is 72.9. The number of rotatable bonds is 12. The van der Waals surface area contributed by atoms with Crippen molar-refractivity contribution in [2.24, 2.45) is 0 Å². The molecule has 0 amide bonds. The Hall–Kier alpha value is -19.6. The molecule has 31 rings (SSSR count). The van der Waals surface area contributed by atoms with Gasteiger partial charge in [-0.3, -0.25) is 13.7 Å². The molecule has 22 aromatic carbocycles. The van der Waals surface area contributed by atoms with Gasteiger partial charge >= 0.3 is 0 Å². The largest absolute Gasteiger partial charge is 0.456 e. The van der Waals surface area contributed by atoms with Gasteiger partial charge < -0.3 is 13.9 Å². The number of aromatic nitrogens is 10. The van der Waals surface area contributed by atoms with Crippen LogP contribution in [0.4, 0.5) is 17.1 Å². The monoisotopic (exact) mass is 1890 g/mol. The third-order valence-corrected chi connectivity index (χ3v) is 30.2. The van der Waals surface area contributed by atoms with E-state index >= 15 is 0 Å². The van der Waals surface area contributed by atoms with Crippen molar-refractivity contribution in [2.75, 3.05) is 4.90 Å². The molecule has 0 aliphatic heterocycles. The molecule has 0 aliphatic carbocycles. The van der Waals surface area contributed by atoms with Crippen molar-refractivity contribution in [1.82, 2.24) is 48.2 Å². The summed E-state index contributed by atoms with van der Waals surface area (Å²) in [6.45, 7) is 0. The van der Waals surface area contributed by atoms with Crippen molar-refractivity contribution < 1.29 is 4.42 Å². The van der Waals surface area contributed by atoms with Crippen molar-refractivity contribution >= 4 is 212 Å². The molecular weight excluding hydrogens is 1810 g/mol. The van der Waals surface area contributed by atoms with Crippen LogP contribution in [-0.2, 0) is 0 Å². The molecule has 0 spiro atoms. The van der Waals surface area contributed by atoms with Gasteiger partial charge in [-0.2, -0.15) is 0 Å². The van der Waals surface area contributed by atoms with Crippen molar-refractivity contribution in [3.63, 3.8) is 0 Å². The number of nitrogens with zero attached hydrogens (tertiary/aromatic N) is 11. The molecule has 0 bridgehead atoms. The second-order valence-corrected chi connectivity index (χ2v) is 38.4. The van der Waals surface area contributed by atoms with Gasteiger partial charge in [-0.25, -0.2) is 29.9 Å². The maximum absolute atomic E-state index is 6.36. The SMILES string of the molecule is c1ccc(-c2ccc3c(c2)c2c4sc5ccccc5c4ccc2n3-c2nc3ccc(N(c4ccccc4)c4ccccc4)cc3nc2-c2ccccc2)cc1.c1ccc(-c2ccccc2-c2nc3ccccc3nc2-n2c3ccccc3c3c4c(ccc5oc6ccccc6c54)ccc32)cc1.c1ccc(-c2nc3ccccc3nc2-n2c3cc4c(cc3c3c5ccccc5ccc32)c2ccccc2n4-c2ccccc2)cc1. The first-order valence-corrected chi connectivity index (χ1v) is 50.4. The van der Waals surface area contributed by atoms with E-state index in [0.29, 0.717) is 0 Å². The highest BCUT2D eigenvalue weighted by Gasteiger charge is 2.30. The topological polar surface area (TPSA) is 113 Å². The van der Waals surface area contributed by atoms with E-state index in [1.54, 1.807) is 0 Å². The van der Waals surface area contributed by atoms with Gasteiger partial charge in [0.15, 0.2) is 17.5 Å². The first kappa shape index (κ1) is 84.3. The fourth-order valence-corrected chi connectivity index (χ4v) is 23.8. The van der Waals surface area contributed by atoms with Crippen LogP contribution in [0.5, 0.6) is 0 Å². The number of hydrogen-bond acceptors (Lipinski definition) is 9. The van der Waals surface area contributed by atoms with Crippen LogP contribution in [0, 0.1) is 0 Å². The second-order valence-electron chi connectivity index (χ2n) is 37.4. The molecule has 9 heterocycles. The number of benzene rings is 22. The highest BCUT2D eigenvalue weighted by molar-refractivity contribution is 7.26. The minimum absolute atomic E-state index is 0.803. The van der Waals surface area contributed by atoms with E-state index in [2.05, 4.69) is 466 Å². The van der Waals surface area contributed by atoms with Crippen LogP contribution in [0.3, 0.4) is 0 Å². The summed E-state index contributed by atoms with van der Waals surface area (Å²) in [5, 5.41) is 19.3. The van der Waals surface area contributed by atoms with Crippen LogP contribution in [-0.4, -0.2) is 48.2 Å². The lowest BCUT2D eigenvalue weighted by molar-refractivity contribution is 0.669. The van der Waals surface area contributed by atoms with Gasteiger partial charge in [-0.1, -0.05) is 352 Å². The molecule has 147 heavy (non-hydrogen) atoms. The number of thiophene rings is 1. The van der Waals surface area contributed by atoms with Gasteiger partial charge in [0.1, 0.15) is 28.2 Å². The van der Waals surface area contributed by atoms with Crippen molar-refractivity contribution in [3.05, 3.63) is 504 Å². The average Bonchev–Trinajstić information content (AvgIpc) is 1.57. The van der Waals surface area contributed by atoms with Crippen LogP contribution in [0.25, 0.3) is 263 Å². The molecule has 0 atom stereocenters. The van der Waals surface area contributed by atoms with Crippen LogP contribution >= 0.6 is 11.3 Å². The average molecular weight is 1900 g/mol. The fraction of sp³-hybridized carbons (Fsp3) is 0. The van der Waals surface area contributed by atoms with Crippen LogP contribution in [0.1, 0.15) is 0 Å².